The van der Waals surface area contributed by atoms with E-state index in [2.05, 4.69) is 11.8 Å². The van der Waals surface area contributed by atoms with Gasteiger partial charge in [0.2, 0.25) is 12.0 Å². The number of nitro benzene ring substituents is 1. The Kier molecular flexibility index (Phi) is 11.5. The predicted octanol–water partition coefficient (Wildman–Crippen LogP) is -1.27. The number of rotatable bonds is 9. The normalized spacial score (nSPS) is 31.7. The predicted molar refractivity (Wildman–Crippen MR) is 157 cm³/mol. The van der Waals surface area contributed by atoms with Gasteiger partial charge in [-0.3, -0.25) is 10.1 Å². The summed E-state index contributed by atoms with van der Waals surface area (Å²) in [6.45, 7) is -1.53. The van der Waals surface area contributed by atoms with Gasteiger partial charge in [-0.25, -0.2) is 0 Å². The van der Waals surface area contributed by atoms with Gasteiger partial charge in [0, 0.05) is 31.4 Å². The van der Waals surface area contributed by atoms with E-state index in [1.807, 2.05) is 43.3 Å². The molecule has 0 radical (unpaired) electrons. The van der Waals surface area contributed by atoms with E-state index in [1.165, 1.54) is 18.2 Å². The molecule has 0 spiro atoms. The maximum atomic E-state index is 11.7. The van der Waals surface area contributed by atoms with Crippen LogP contribution in [0.2, 0.25) is 0 Å². The Morgan fingerprint density at radius 1 is 0.889 bits per heavy atom. The summed E-state index contributed by atoms with van der Waals surface area (Å²) in [5.41, 5.74) is 1.80. The van der Waals surface area contributed by atoms with Gasteiger partial charge in [-0.2, -0.15) is 0 Å². The Bertz CT molecular complexity index is 1390. The molecule has 0 aliphatic carbocycles. The molecular formula is C30H36N2O13. The summed E-state index contributed by atoms with van der Waals surface area (Å²) >= 11 is 0. The van der Waals surface area contributed by atoms with Crippen LogP contribution in [0.5, 0.6) is 5.75 Å². The van der Waals surface area contributed by atoms with Crippen molar-refractivity contribution in [3.63, 3.8) is 0 Å². The lowest BCUT2D eigenvalue weighted by Crippen LogP contribution is -2.65. The number of nitrogens with zero attached hydrogens (tertiary/aromatic N) is 2. The van der Waals surface area contributed by atoms with E-state index in [1.54, 1.807) is 12.2 Å². The van der Waals surface area contributed by atoms with Crippen LogP contribution in [0.25, 0.3) is 6.08 Å². The zero-order chi connectivity index (χ0) is 32.8. The van der Waals surface area contributed by atoms with Crippen LogP contribution in [0.1, 0.15) is 11.1 Å². The first-order chi connectivity index (χ1) is 21.4. The summed E-state index contributed by atoms with van der Waals surface area (Å²) in [5.74, 6) is 5.56. The fourth-order valence-electron chi connectivity index (χ4n) is 4.76. The molecule has 244 valence electrons. The zero-order valence-corrected chi connectivity index (χ0v) is 24.4. The maximum Gasteiger partial charge on any atom is 0.311 e. The number of anilines is 1. The lowest BCUT2D eigenvalue weighted by Gasteiger charge is -2.45. The number of nitro groups is 1. The summed E-state index contributed by atoms with van der Waals surface area (Å²) in [6.07, 6.45) is -13.6. The number of hydrogen-bond donors (Lipinski definition) is 7. The molecule has 0 aromatic heterocycles. The van der Waals surface area contributed by atoms with Crippen LogP contribution in [0.4, 0.5) is 11.4 Å². The molecule has 15 nitrogen and oxygen atoms in total. The number of ether oxygens (including phenoxy) is 4. The molecule has 2 fully saturated rings. The van der Waals surface area contributed by atoms with Crippen molar-refractivity contribution >= 4 is 17.5 Å². The van der Waals surface area contributed by atoms with E-state index in [0.29, 0.717) is 5.56 Å². The highest BCUT2D eigenvalue weighted by molar-refractivity contribution is 5.60. The Morgan fingerprint density at radius 3 is 2.16 bits per heavy atom. The van der Waals surface area contributed by atoms with Gasteiger partial charge in [-0.1, -0.05) is 11.8 Å². The van der Waals surface area contributed by atoms with Crippen molar-refractivity contribution < 1.29 is 59.6 Å². The monoisotopic (exact) mass is 632 g/mol. The van der Waals surface area contributed by atoms with Gasteiger partial charge in [0.15, 0.2) is 6.29 Å². The van der Waals surface area contributed by atoms with E-state index >= 15 is 0 Å². The molecule has 4 rings (SSSR count). The topological polar surface area (TPSA) is 225 Å². The average Bonchev–Trinajstić information content (AvgIpc) is 3.03. The van der Waals surface area contributed by atoms with E-state index < -0.39 is 85.2 Å². The molecule has 10 atom stereocenters. The fraction of sp³-hybridized carbons (Fsp3) is 0.467. The molecule has 0 unspecified atom stereocenters. The van der Waals surface area contributed by atoms with Crippen molar-refractivity contribution in [1.82, 2.24) is 0 Å². The van der Waals surface area contributed by atoms with Crippen LogP contribution in [0.3, 0.4) is 0 Å². The zero-order valence-electron chi connectivity index (χ0n) is 24.4. The molecule has 15 heteroatoms. The van der Waals surface area contributed by atoms with Crippen molar-refractivity contribution in [1.29, 1.82) is 0 Å². The SMILES string of the molecule is CN(C)c1ccc(C#C/C=C/c2ccc([N+](=O)[O-])c(O[C@@H]3O[C@H](CO)[C@@H](O[C@H]4O[C@H](CO)[C@@H](O)[C@H](O)[C@H]4O)[C@H](O)[C@H]3O)c2)cc1. The standard InChI is InChI=1S/C30H36N2O13/c1-31(2)18-10-7-16(8-11-18)5-3-4-6-17-9-12-19(32(40)41)20(13-17)42-29-27(39)25(37)28(22(15-34)44-29)45-30-26(38)24(36)23(35)21(14-33)43-30/h4,6-13,21-30,33-39H,14-15H2,1-2H3/b6-4+/t21-,22-,23-,24+,25-,26-,27-,28-,29-,30-/m1/s1. The van der Waals surface area contributed by atoms with E-state index in [9.17, 15) is 45.9 Å². The van der Waals surface area contributed by atoms with Crippen molar-refractivity contribution in [2.45, 2.75) is 61.4 Å². The van der Waals surface area contributed by atoms with Crippen LogP contribution < -0.4 is 9.64 Å². The summed E-state index contributed by atoms with van der Waals surface area (Å²) < 4.78 is 22.0. The number of aliphatic hydroxyl groups is 7. The molecule has 7 N–H and O–H groups in total. The molecule has 2 aromatic carbocycles. The van der Waals surface area contributed by atoms with Gasteiger partial charge in [-0.05, 0) is 54.1 Å². The minimum Gasteiger partial charge on any atom is -0.455 e. The minimum atomic E-state index is -1.88. The summed E-state index contributed by atoms with van der Waals surface area (Å²) in [7, 11) is 3.86. The Balaban J connectivity index is 1.48. The fourth-order valence-corrected chi connectivity index (χ4v) is 4.76. The molecule has 45 heavy (non-hydrogen) atoms. The van der Waals surface area contributed by atoms with E-state index in [4.69, 9.17) is 18.9 Å². The molecule has 2 aliphatic rings. The molecule has 2 heterocycles. The Morgan fingerprint density at radius 2 is 1.53 bits per heavy atom. The quantitative estimate of drug-likeness (QED) is 0.0973. The molecule has 0 amide bonds. The van der Waals surface area contributed by atoms with E-state index in [-0.39, 0.29) is 5.75 Å². The molecule has 2 saturated heterocycles. The van der Waals surface area contributed by atoms with Crippen LogP contribution >= 0.6 is 0 Å². The highest BCUT2D eigenvalue weighted by Gasteiger charge is 2.51. The summed E-state index contributed by atoms with van der Waals surface area (Å²) in [6, 6.07) is 11.6. The minimum absolute atomic E-state index is 0.310. The van der Waals surface area contributed by atoms with Crippen LogP contribution in [-0.2, 0) is 14.2 Å². The third-order valence-corrected chi connectivity index (χ3v) is 7.34. The van der Waals surface area contributed by atoms with Crippen molar-refractivity contribution in [3.8, 4) is 17.6 Å². The Hall–Kier alpha value is -3.66. The van der Waals surface area contributed by atoms with Gasteiger partial charge < -0.3 is 59.6 Å². The van der Waals surface area contributed by atoms with Gasteiger partial charge in [-0.15, -0.1) is 0 Å². The third-order valence-electron chi connectivity index (χ3n) is 7.34. The summed E-state index contributed by atoms with van der Waals surface area (Å²) in [4.78, 5) is 13.0. The van der Waals surface area contributed by atoms with Gasteiger partial charge in [0.25, 0.3) is 0 Å². The number of hydrogen-bond acceptors (Lipinski definition) is 14. The second-order valence-corrected chi connectivity index (χ2v) is 10.7. The third kappa shape index (κ3) is 7.95. The molecule has 0 bridgehead atoms. The first-order valence-electron chi connectivity index (χ1n) is 13.9. The van der Waals surface area contributed by atoms with Gasteiger partial charge in [0.05, 0.1) is 18.1 Å². The van der Waals surface area contributed by atoms with Crippen molar-refractivity contribution in [3.05, 3.63) is 69.8 Å². The van der Waals surface area contributed by atoms with Crippen LogP contribution in [-0.4, -0.2) is 129 Å². The first kappa shape index (κ1) is 34.2. The van der Waals surface area contributed by atoms with E-state index in [0.717, 1.165) is 11.3 Å². The maximum absolute atomic E-state index is 11.7. The molecular weight excluding hydrogens is 596 g/mol. The van der Waals surface area contributed by atoms with Crippen molar-refractivity contribution in [2.75, 3.05) is 32.2 Å². The van der Waals surface area contributed by atoms with Gasteiger partial charge in [0.1, 0.15) is 48.8 Å². The van der Waals surface area contributed by atoms with Crippen LogP contribution in [0.15, 0.2) is 48.5 Å². The molecule has 2 aromatic rings. The number of benzene rings is 2. The lowest BCUT2D eigenvalue weighted by molar-refractivity contribution is -0.387. The largest absolute Gasteiger partial charge is 0.455 e. The summed E-state index contributed by atoms with van der Waals surface area (Å²) in [5, 5.41) is 83.0. The Labute approximate surface area is 258 Å². The number of aliphatic hydroxyl groups excluding tert-OH is 7. The average molecular weight is 633 g/mol. The first-order valence-corrected chi connectivity index (χ1v) is 13.9. The second-order valence-electron chi connectivity index (χ2n) is 10.7. The molecule has 2 aliphatic heterocycles. The highest BCUT2D eigenvalue weighted by atomic mass is 16.7. The smallest absolute Gasteiger partial charge is 0.311 e. The molecule has 0 saturated carbocycles. The lowest BCUT2D eigenvalue weighted by atomic mass is 9.97. The highest BCUT2D eigenvalue weighted by Crippen LogP contribution is 2.34. The van der Waals surface area contributed by atoms with Gasteiger partial charge >= 0.3 is 5.69 Å². The van der Waals surface area contributed by atoms with Crippen molar-refractivity contribution in [2.24, 2.45) is 0 Å². The number of allylic oxidation sites excluding steroid dienone is 1. The second kappa shape index (κ2) is 15.1. The van der Waals surface area contributed by atoms with Crippen LogP contribution in [0, 0.1) is 22.0 Å².